The first-order valence-electron chi connectivity index (χ1n) is 7.92. The molecule has 2 N–H and O–H groups in total. The van der Waals surface area contributed by atoms with Crippen molar-refractivity contribution in [2.45, 2.75) is 32.9 Å². The van der Waals surface area contributed by atoms with Crippen molar-refractivity contribution in [2.75, 3.05) is 6.61 Å². The fourth-order valence-corrected chi connectivity index (χ4v) is 3.18. The molecule has 2 aromatic rings. The summed E-state index contributed by atoms with van der Waals surface area (Å²) in [7, 11) is 0. The zero-order valence-corrected chi connectivity index (χ0v) is 14.2. The molecule has 0 amide bonds. The molecule has 2 atom stereocenters. The predicted octanol–water partition coefficient (Wildman–Crippen LogP) is 3.17. The lowest BCUT2D eigenvalue weighted by Gasteiger charge is -2.13. The van der Waals surface area contributed by atoms with Crippen LogP contribution in [0.4, 0.5) is 0 Å². The summed E-state index contributed by atoms with van der Waals surface area (Å²) in [6.07, 6.45) is 5.20. The maximum Gasteiger partial charge on any atom is 0.0649 e. The zero-order chi connectivity index (χ0) is 16.4. The van der Waals surface area contributed by atoms with Gasteiger partial charge in [0.05, 0.1) is 11.4 Å². The van der Waals surface area contributed by atoms with Crippen molar-refractivity contribution >= 4 is 11.6 Å². The van der Waals surface area contributed by atoms with Crippen molar-refractivity contribution in [3.05, 3.63) is 58.4 Å². The number of aryl methyl sites for hydroxylation is 1. The molecule has 0 spiro atoms. The van der Waals surface area contributed by atoms with Gasteiger partial charge in [-0.2, -0.15) is 5.10 Å². The lowest BCUT2D eigenvalue weighted by molar-refractivity contribution is 0.246. The molecule has 0 unspecified atom stereocenters. The number of nitrogens with zero attached hydrogens (tertiary/aromatic N) is 2. The smallest absolute Gasteiger partial charge is 0.0649 e. The number of hydrogen-bond donors (Lipinski definition) is 2. The van der Waals surface area contributed by atoms with Gasteiger partial charge in [-0.3, -0.25) is 0 Å². The van der Waals surface area contributed by atoms with E-state index in [0.717, 1.165) is 35.1 Å². The molecule has 0 saturated carbocycles. The minimum absolute atomic E-state index is 0.223. The van der Waals surface area contributed by atoms with Crippen molar-refractivity contribution < 1.29 is 5.11 Å². The van der Waals surface area contributed by atoms with Crippen LogP contribution in [0, 0.1) is 19.8 Å². The number of aliphatic hydroxyl groups excluding tert-OH is 1. The predicted molar refractivity (Wildman–Crippen MR) is 93.0 cm³/mol. The molecule has 23 heavy (non-hydrogen) atoms. The second kappa shape index (κ2) is 6.87. The van der Waals surface area contributed by atoms with E-state index in [4.69, 9.17) is 11.6 Å². The highest BCUT2D eigenvalue weighted by molar-refractivity contribution is 6.30. The Kier molecular flexibility index (Phi) is 4.85. The zero-order valence-electron chi connectivity index (χ0n) is 13.5. The van der Waals surface area contributed by atoms with Crippen LogP contribution in [0.3, 0.4) is 0 Å². The van der Waals surface area contributed by atoms with E-state index >= 15 is 0 Å². The van der Waals surface area contributed by atoms with Gasteiger partial charge in [-0.05, 0) is 44.5 Å². The summed E-state index contributed by atoms with van der Waals surface area (Å²) in [5, 5.41) is 18.1. The van der Waals surface area contributed by atoms with Crippen molar-refractivity contribution in [2.24, 2.45) is 5.92 Å². The summed E-state index contributed by atoms with van der Waals surface area (Å²) in [5.41, 5.74) is 4.41. The molecule has 1 aliphatic rings. The standard InChI is InChI=1S/C18H22ClN3O/c1-12-18(10-20-16-6-3-14(9-16)11-23)13(2)22(21-12)17-7-4-15(19)5-8-17/h3-8,14,16,20,23H,9-11H2,1-2H3/t14-,16+/m0/s1. The average molecular weight is 332 g/mol. The van der Waals surface area contributed by atoms with Gasteiger partial charge in [-0.1, -0.05) is 23.8 Å². The van der Waals surface area contributed by atoms with E-state index in [1.54, 1.807) is 0 Å². The van der Waals surface area contributed by atoms with Gasteiger partial charge >= 0.3 is 0 Å². The molecule has 1 aromatic heterocycles. The summed E-state index contributed by atoms with van der Waals surface area (Å²) >= 11 is 5.96. The first-order valence-corrected chi connectivity index (χ1v) is 8.30. The number of aliphatic hydroxyl groups is 1. The Bertz CT molecular complexity index is 706. The van der Waals surface area contributed by atoms with Crippen molar-refractivity contribution in [1.29, 1.82) is 0 Å². The Morgan fingerprint density at radius 3 is 2.65 bits per heavy atom. The topological polar surface area (TPSA) is 50.1 Å². The molecule has 4 nitrogen and oxygen atoms in total. The monoisotopic (exact) mass is 331 g/mol. The van der Waals surface area contributed by atoms with Crippen LogP contribution in [0.1, 0.15) is 23.4 Å². The summed E-state index contributed by atoms with van der Waals surface area (Å²) in [6, 6.07) is 8.03. The third-order valence-corrected chi connectivity index (χ3v) is 4.71. The molecular weight excluding hydrogens is 310 g/mol. The van der Waals surface area contributed by atoms with Crippen LogP contribution in [0.2, 0.25) is 5.02 Å². The van der Waals surface area contributed by atoms with Crippen LogP contribution < -0.4 is 5.32 Å². The van der Waals surface area contributed by atoms with E-state index < -0.39 is 0 Å². The van der Waals surface area contributed by atoms with E-state index in [2.05, 4.69) is 29.5 Å². The minimum atomic E-state index is 0.223. The molecule has 5 heteroatoms. The Balaban J connectivity index is 1.73. The molecule has 1 aliphatic carbocycles. The number of rotatable bonds is 5. The largest absolute Gasteiger partial charge is 0.396 e. The quantitative estimate of drug-likeness (QED) is 0.827. The van der Waals surface area contributed by atoms with E-state index in [9.17, 15) is 5.11 Å². The second-order valence-corrected chi connectivity index (χ2v) is 6.52. The highest BCUT2D eigenvalue weighted by Crippen LogP contribution is 2.21. The lowest BCUT2D eigenvalue weighted by atomic mass is 10.1. The molecule has 1 heterocycles. The summed E-state index contributed by atoms with van der Waals surface area (Å²) < 4.78 is 1.96. The number of nitrogens with one attached hydrogen (secondary N) is 1. The van der Waals surface area contributed by atoms with Gasteiger partial charge in [0.2, 0.25) is 0 Å². The Morgan fingerprint density at radius 1 is 1.26 bits per heavy atom. The molecule has 0 bridgehead atoms. The minimum Gasteiger partial charge on any atom is -0.396 e. The highest BCUT2D eigenvalue weighted by Gasteiger charge is 2.19. The van der Waals surface area contributed by atoms with Crippen LogP contribution in [-0.4, -0.2) is 27.5 Å². The van der Waals surface area contributed by atoms with Crippen molar-refractivity contribution in [3.63, 3.8) is 0 Å². The molecule has 3 rings (SSSR count). The second-order valence-electron chi connectivity index (χ2n) is 6.09. The number of halogens is 1. The van der Waals surface area contributed by atoms with Gasteiger partial charge in [-0.25, -0.2) is 4.68 Å². The SMILES string of the molecule is Cc1nn(-c2ccc(Cl)cc2)c(C)c1CN[C@@H]1C=C[C@H](CO)C1. The van der Waals surface area contributed by atoms with Crippen LogP contribution in [0.15, 0.2) is 36.4 Å². The maximum absolute atomic E-state index is 9.20. The third kappa shape index (κ3) is 3.50. The summed E-state index contributed by atoms with van der Waals surface area (Å²) in [5.74, 6) is 0.284. The molecule has 0 fully saturated rings. The van der Waals surface area contributed by atoms with E-state index in [1.807, 2.05) is 35.9 Å². The Labute approximate surface area is 141 Å². The average Bonchev–Trinajstić information content (AvgIpc) is 3.11. The molecular formula is C18H22ClN3O. The molecule has 0 radical (unpaired) electrons. The van der Waals surface area contributed by atoms with Gasteiger partial charge < -0.3 is 10.4 Å². The van der Waals surface area contributed by atoms with Crippen LogP contribution in [0.5, 0.6) is 0 Å². The highest BCUT2D eigenvalue weighted by atomic mass is 35.5. The maximum atomic E-state index is 9.20. The third-order valence-electron chi connectivity index (χ3n) is 4.46. The van der Waals surface area contributed by atoms with Gasteiger partial charge in [0.15, 0.2) is 0 Å². The van der Waals surface area contributed by atoms with Gasteiger partial charge in [0.1, 0.15) is 0 Å². The van der Waals surface area contributed by atoms with Gasteiger partial charge in [-0.15, -0.1) is 0 Å². The molecule has 0 saturated heterocycles. The van der Waals surface area contributed by atoms with Crippen molar-refractivity contribution in [3.8, 4) is 5.69 Å². The van der Waals surface area contributed by atoms with Crippen LogP contribution in [0.25, 0.3) is 5.69 Å². The van der Waals surface area contributed by atoms with E-state index in [-0.39, 0.29) is 12.5 Å². The number of benzene rings is 1. The van der Waals surface area contributed by atoms with Crippen LogP contribution in [-0.2, 0) is 6.54 Å². The van der Waals surface area contributed by atoms with Gasteiger partial charge in [0.25, 0.3) is 0 Å². The Morgan fingerprint density at radius 2 is 2.00 bits per heavy atom. The summed E-state index contributed by atoms with van der Waals surface area (Å²) in [4.78, 5) is 0. The van der Waals surface area contributed by atoms with Crippen molar-refractivity contribution in [1.82, 2.24) is 15.1 Å². The Hall–Kier alpha value is -1.62. The van der Waals surface area contributed by atoms with E-state index in [0.29, 0.717) is 6.04 Å². The number of hydrogen-bond acceptors (Lipinski definition) is 3. The summed E-state index contributed by atoms with van der Waals surface area (Å²) in [6.45, 7) is 5.13. The fourth-order valence-electron chi connectivity index (χ4n) is 3.06. The van der Waals surface area contributed by atoms with E-state index in [1.165, 1.54) is 5.56 Å². The molecule has 0 aliphatic heterocycles. The fraction of sp³-hybridized carbons (Fsp3) is 0.389. The number of aromatic nitrogens is 2. The molecule has 1 aromatic carbocycles. The first-order chi connectivity index (χ1) is 11.1. The first kappa shape index (κ1) is 16.2. The van der Waals surface area contributed by atoms with Gasteiger partial charge in [0, 0.05) is 41.4 Å². The van der Waals surface area contributed by atoms with Crippen LogP contribution >= 0.6 is 11.6 Å². The lowest BCUT2D eigenvalue weighted by Crippen LogP contribution is -2.26. The normalized spacial score (nSPS) is 20.3. The molecule has 122 valence electrons.